The number of fused-ring (bicyclic) bond motifs is 1. The van der Waals surface area contributed by atoms with E-state index in [1.807, 2.05) is 18.2 Å². The minimum Gasteiger partial charge on any atom is -0.295 e. The normalized spacial score (nSPS) is 15.9. The molecule has 4 rings (SSSR count). The minimum absolute atomic E-state index is 0.0865. The number of hydrogen-bond acceptors (Lipinski definition) is 3. The number of hydrogen-bond donors (Lipinski definition) is 0. The predicted octanol–water partition coefficient (Wildman–Crippen LogP) is 3.34. The number of carbonyl (C=O) groups is 1. The van der Waals surface area contributed by atoms with Crippen LogP contribution in [0.3, 0.4) is 0 Å². The molecule has 1 aliphatic rings. The van der Waals surface area contributed by atoms with Gasteiger partial charge in [-0.1, -0.05) is 23.7 Å². The van der Waals surface area contributed by atoms with Crippen LogP contribution in [0.2, 0.25) is 5.02 Å². The van der Waals surface area contributed by atoms with Gasteiger partial charge >= 0.3 is 5.69 Å². The van der Waals surface area contributed by atoms with Gasteiger partial charge < -0.3 is 0 Å². The molecule has 0 N–H and O–H groups in total. The van der Waals surface area contributed by atoms with Crippen molar-refractivity contribution < 1.29 is 4.79 Å². The first-order valence-electron chi connectivity index (χ1n) is 8.39. The molecule has 3 aromatic rings. The lowest BCUT2D eigenvalue weighted by Crippen LogP contribution is -2.21. The van der Waals surface area contributed by atoms with Gasteiger partial charge in [-0.3, -0.25) is 13.9 Å². The highest BCUT2D eigenvalue weighted by molar-refractivity contribution is 6.33. The summed E-state index contributed by atoms with van der Waals surface area (Å²) >= 11 is 6.03. The van der Waals surface area contributed by atoms with E-state index in [1.165, 1.54) is 5.01 Å². The molecule has 0 saturated heterocycles. The van der Waals surface area contributed by atoms with Crippen LogP contribution in [0.25, 0.3) is 17.1 Å². The number of halogens is 1. The zero-order chi connectivity index (χ0) is 19.3. The van der Waals surface area contributed by atoms with Crippen molar-refractivity contribution in [3.63, 3.8) is 0 Å². The number of benzene rings is 2. The van der Waals surface area contributed by atoms with E-state index in [0.717, 1.165) is 16.6 Å². The van der Waals surface area contributed by atoms with Gasteiger partial charge in [-0.25, -0.2) is 4.79 Å². The van der Waals surface area contributed by atoms with Crippen LogP contribution in [0.15, 0.2) is 57.9 Å². The van der Waals surface area contributed by atoms with Crippen molar-refractivity contribution >= 4 is 46.0 Å². The van der Waals surface area contributed by atoms with Crippen molar-refractivity contribution in [2.45, 2.75) is 6.92 Å². The molecule has 1 amide bonds. The third kappa shape index (κ3) is 2.78. The molecular weight excluding hydrogens is 364 g/mol. The summed E-state index contributed by atoms with van der Waals surface area (Å²) in [4.78, 5) is 25.0. The van der Waals surface area contributed by atoms with Crippen LogP contribution < -0.4 is 10.7 Å². The molecule has 0 saturated carbocycles. The predicted molar refractivity (Wildman–Crippen MR) is 108 cm³/mol. The summed E-state index contributed by atoms with van der Waals surface area (Å²) < 4.78 is 3.19. The molecule has 2 heterocycles. The summed E-state index contributed by atoms with van der Waals surface area (Å²) in [6, 6.07) is 12.7. The van der Waals surface area contributed by atoms with Crippen LogP contribution in [0.5, 0.6) is 0 Å². The fourth-order valence-electron chi connectivity index (χ4n) is 3.25. The maximum absolute atomic E-state index is 12.9. The lowest BCUT2D eigenvalue weighted by Gasteiger charge is -2.11. The first kappa shape index (κ1) is 17.3. The molecule has 2 aromatic carbocycles. The summed E-state index contributed by atoms with van der Waals surface area (Å²) in [6.45, 7) is 1.80. The Labute approximate surface area is 160 Å². The van der Waals surface area contributed by atoms with Crippen LogP contribution in [-0.2, 0) is 18.9 Å². The largest absolute Gasteiger partial charge is 0.328 e. The van der Waals surface area contributed by atoms with Crippen molar-refractivity contribution in [1.29, 1.82) is 0 Å². The van der Waals surface area contributed by atoms with Gasteiger partial charge in [0.1, 0.15) is 0 Å². The van der Waals surface area contributed by atoms with Crippen molar-refractivity contribution in [2.75, 3.05) is 5.01 Å². The Balaban J connectivity index is 1.75. The van der Waals surface area contributed by atoms with Crippen LogP contribution in [-0.4, -0.2) is 20.8 Å². The molecule has 0 bridgehead atoms. The summed E-state index contributed by atoms with van der Waals surface area (Å²) in [7, 11) is 3.47. The average Bonchev–Trinajstić information content (AvgIpc) is 3.05. The number of nitrogens with zero attached hydrogens (tertiary/aromatic N) is 4. The minimum atomic E-state index is -0.211. The molecule has 0 spiro atoms. The lowest BCUT2D eigenvalue weighted by molar-refractivity contribution is -0.114. The highest BCUT2D eigenvalue weighted by Crippen LogP contribution is 2.27. The van der Waals surface area contributed by atoms with E-state index in [0.29, 0.717) is 22.0 Å². The van der Waals surface area contributed by atoms with E-state index in [2.05, 4.69) is 5.10 Å². The molecule has 0 unspecified atom stereocenters. The molecule has 0 aliphatic carbocycles. The van der Waals surface area contributed by atoms with E-state index in [1.54, 1.807) is 60.5 Å². The fourth-order valence-corrected chi connectivity index (χ4v) is 3.43. The third-order valence-electron chi connectivity index (χ3n) is 4.72. The van der Waals surface area contributed by atoms with Gasteiger partial charge in [0.15, 0.2) is 0 Å². The second kappa shape index (κ2) is 6.25. The Hall–Kier alpha value is -3.12. The standard InChI is InChI=1S/C20H17ClN4O2/c1-12-16(19(26)25(22-12)15-6-4-5-14(21)11-15)9-13-7-8-17-18(10-13)24(3)20(27)23(17)2/h4-11H,1-3H3. The molecule has 27 heavy (non-hydrogen) atoms. The second-order valence-electron chi connectivity index (χ2n) is 6.49. The zero-order valence-electron chi connectivity index (χ0n) is 15.1. The summed E-state index contributed by atoms with van der Waals surface area (Å²) in [6.07, 6.45) is 1.79. The van der Waals surface area contributed by atoms with E-state index >= 15 is 0 Å². The molecule has 0 radical (unpaired) electrons. The maximum Gasteiger partial charge on any atom is 0.328 e. The van der Waals surface area contributed by atoms with Gasteiger partial charge in [0, 0.05) is 19.1 Å². The summed E-state index contributed by atoms with van der Waals surface area (Å²) in [5.41, 5.74) is 4.15. The Morgan fingerprint density at radius 2 is 1.74 bits per heavy atom. The first-order chi connectivity index (χ1) is 12.9. The number of rotatable bonds is 2. The summed E-state index contributed by atoms with van der Waals surface area (Å²) in [5, 5.41) is 6.26. The summed E-state index contributed by atoms with van der Waals surface area (Å²) in [5.74, 6) is -0.211. The molecule has 0 fully saturated rings. The molecular formula is C20H17ClN4O2. The molecule has 0 atom stereocenters. The van der Waals surface area contributed by atoms with Gasteiger partial charge in [0.2, 0.25) is 0 Å². The highest BCUT2D eigenvalue weighted by atomic mass is 35.5. The molecule has 1 aromatic heterocycles. The number of carbonyl (C=O) groups excluding carboxylic acids is 1. The van der Waals surface area contributed by atoms with Crippen molar-refractivity contribution in [2.24, 2.45) is 19.2 Å². The van der Waals surface area contributed by atoms with E-state index in [4.69, 9.17) is 11.6 Å². The van der Waals surface area contributed by atoms with Crippen LogP contribution in [0, 0.1) is 0 Å². The number of aromatic nitrogens is 2. The van der Waals surface area contributed by atoms with Gasteiger partial charge in [0.05, 0.1) is 28.0 Å². The van der Waals surface area contributed by atoms with Crippen LogP contribution in [0.4, 0.5) is 5.69 Å². The topological polar surface area (TPSA) is 59.6 Å². The number of aryl methyl sites for hydroxylation is 2. The average molecular weight is 381 g/mol. The second-order valence-corrected chi connectivity index (χ2v) is 6.93. The van der Waals surface area contributed by atoms with Gasteiger partial charge in [-0.2, -0.15) is 10.1 Å². The quantitative estimate of drug-likeness (QED) is 0.640. The van der Waals surface area contributed by atoms with E-state index in [-0.39, 0.29) is 11.6 Å². The monoisotopic (exact) mass is 380 g/mol. The number of imidazole rings is 1. The van der Waals surface area contributed by atoms with Crippen molar-refractivity contribution in [1.82, 2.24) is 9.13 Å². The van der Waals surface area contributed by atoms with Crippen molar-refractivity contribution in [3.8, 4) is 0 Å². The van der Waals surface area contributed by atoms with Crippen LogP contribution >= 0.6 is 11.6 Å². The fraction of sp³-hybridized carbons (Fsp3) is 0.150. The SMILES string of the molecule is CC1=NN(c2cccc(Cl)c2)C(=O)C1=Cc1ccc2c(c1)n(C)c(=O)n2C. The lowest BCUT2D eigenvalue weighted by atomic mass is 10.1. The zero-order valence-corrected chi connectivity index (χ0v) is 15.9. The molecule has 7 heteroatoms. The van der Waals surface area contributed by atoms with E-state index in [9.17, 15) is 9.59 Å². The Morgan fingerprint density at radius 1 is 1.00 bits per heavy atom. The third-order valence-corrected chi connectivity index (χ3v) is 4.96. The van der Waals surface area contributed by atoms with E-state index < -0.39 is 0 Å². The molecule has 1 aliphatic heterocycles. The highest BCUT2D eigenvalue weighted by Gasteiger charge is 2.28. The number of amides is 1. The van der Waals surface area contributed by atoms with Crippen molar-refractivity contribution in [3.05, 3.63) is 69.1 Å². The smallest absolute Gasteiger partial charge is 0.295 e. The Morgan fingerprint density at radius 3 is 2.48 bits per heavy atom. The molecule has 136 valence electrons. The van der Waals surface area contributed by atoms with Gasteiger partial charge in [-0.05, 0) is 48.9 Å². The number of anilines is 1. The van der Waals surface area contributed by atoms with Gasteiger partial charge in [-0.15, -0.1) is 0 Å². The van der Waals surface area contributed by atoms with Gasteiger partial charge in [0.25, 0.3) is 5.91 Å². The first-order valence-corrected chi connectivity index (χ1v) is 8.77. The Kier molecular flexibility index (Phi) is 4.00. The maximum atomic E-state index is 12.9. The number of hydrazone groups is 1. The van der Waals surface area contributed by atoms with Crippen LogP contribution in [0.1, 0.15) is 12.5 Å². The Bertz CT molecular complexity index is 1220. The molecule has 6 nitrogen and oxygen atoms in total.